The number of nitrogens with zero attached hydrogens (tertiary/aromatic N) is 1. The van der Waals surface area contributed by atoms with E-state index < -0.39 is 11.5 Å². The summed E-state index contributed by atoms with van der Waals surface area (Å²) in [5.74, 6) is -0.766. The number of amides is 1. The molecule has 1 aliphatic rings. The van der Waals surface area contributed by atoms with Gasteiger partial charge in [-0.05, 0) is 42.7 Å². The van der Waals surface area contributed by atoms with Crippen LogP contribution in [0.25, 0.3) is 6.08 Å². The van der Waals surface area contributed by atoms with Crippen LogP contribution < -0.4 is 4.90 Å². The van der Waals surface area contributed by atoms with Gasteiger partial charge in [-0.3, -0.25) is 9.59 Å². The van der Waals surface area contributed by atoms with E-state index in [4.69, 9.17) is 0 Å². The van der Waals surface area contributed by atoms with Gasteiger partial charge in [0.15, 0.2) is 11.4 Å². The summed E-state index contributed by atoms with van der Waals surface area (Å²) in [5, 5.41) is 11.4. The topological polar surface area (TPSA) is 57.6 Å². The number of benzene rings is 3. The number of hydrogen-bond acceptors (Lipinski definition) is 3. The molecule has 0 aromatic heterocycles. The van der Waals surface area contributed by atoms with Crippen LogP contribution in [0.2, 0.25) is 0 Å². The van der Waals surface area contributed by atoms with E-state index in [0.717, 1.165) is 22.3 Å². The highest BCUT2D eigenvalue weighted by Crippen LogP contribution is 2.43. The lowest BCUT2D eigenvalue weighted by molar-refractivity contribution is -0.140. The number of carbonyl (C=O) groups is 2. The Labute approximate surface area is 182 Å². The molecule has 31 heavy (non-hydrogen) atoms. The summed E-state index contributed by atoms with van der Waals surface area (Å²) in [5.41, 5.74) is 3.39. The molecule has 0 unspecified atom stereocenters. The van der Waals surface area contributed by atoms with Crippen molar-refractivity contribution in [2.45, 2.75) is 32.4 Å². The van der Waals surface area contributed by atoms with Gasteiger partial charge < -0.3 is 10.0 Å². The van der Waals surface area contributed by atoms with Crippen LogP contribution >= 0.6 is 0 Å². The Morgan fingerprint density at radius 2 is 1.71 bits per heavy atom. The number of rotatable bonds is 6. The monoisotopic (exact) mass is 411 g/mol. The molecule has 4 heteroatoms. The van der Waals surface area contributed by atoms with E-state index in [1.165, 1.54) is 6.08 Å². The van der Waals surface area contributed by atoms with Crippen molar-refractivity contribution in [3.05, 3.63) is 107 Å². The number of allylic oxidation sites excluding steroid dienone is 1. The molecule has 4 nitrogen and oxygen atoms in total. The number of fused-ring (bicyclic) bond motifs is 1. The van der Waals surface area contributed by atoms with Crippen LogP contribution in [0, 0.1) is 13.8 Å². The molecule has 1 aliphatic heterocycles. The van der Waals surface area contributed by atoms with Gasteiger partial charge in [0, 0.05) is 5.56 Å². The fraction of sp³-hybridized carbons (Fsp3) is 0.185. The number of anilines is 1. The number of ketones is 1. The van der Waals surface area contributed by atoms with Crippen molar-refractivity contribution in [3.63, 3.8) is 0 Å². The van der Waals surface area contributed by atoms with Crippen LogP contribution in [0.4, 0.5) is 5.69 Å². The Kier molecular flexibility index (Phi) is 5.57. The summed E-state index contributed by atoms with van der Waals surface area (Å²) in [4.78, 5) is 27.6. The van der Waals surface area contributed by atoms with Crippen LogP contribution in [0.15, 0.2) is 78.9 Å². The van der Waals surface area contributed by atoms with Crippen LogP contribution in [0.3, 0.4) is 0 Å². The van der Waals surface area contributed by atoms with E-state index in [2.05, 4.69) is 6.07 Å². The number of aliphatic hydroxyl groups is 1. The number of carbonyl (C=O) groups excluding carboxylic acids is 2. The second-order valence-corrected chi connectivity index (χ2v) is 8.09. The molecule has 3 aromatic rings. The second-order valence-electron chi connectivity index (χ2n) is 8.09. The lowest BCUT2D eigenvalue weighted by Gasteiger charge is -2.23. The van der Waals surface area contributed by atoms with Crippen molar-refractivity contribution >= 4 is 23.5 Å². The zero-order valence-electron chi connectivity index (χ0n) is 17.7. The van der Waals surface area contributed by atoms with Crippen molar-refractivity contribution in [2.75, 3.05) is 4.90 Å². The first-order valence-corrected chi connectivity index (χ1v) is 10.3. The molecular formula is C27H25NO3. The van der Waals surface area contributed by atoms with E-state index in [9.17, 15) is 14.7 Å². The smallest absolute Gasteiger partial charge is 0.264 e. The first kappa shape index (κ1) is 20.8. The number of para-hydroxylation sites is 1. The molecule has 1 amide bonds. The molecule has 0 saturated carbocycles. The highest BCUT2D eigenvalue weighted by Gasteiger charge is 2.50. The molecular weight excluding hydrogens is 386 g/mol. The Bertz CT molecular complexity index is 1170. The predicted molar refractivity (Wildman–Crippen MR) is 123 cm³/mol. The third-order valence-corrected chi connectivity index (χ3v) is 5.76. The molecule has 0 saturated heterocycles. The molecule has 0 fully saturated rings. The molecule has 0 radical (unpaired) electrons. The summed E-state index contributed by atoms with van der Waals surface area (Å²) in [7, 11) is 0. The van der Waals surface area contributed by atoms with Crippen molar-refractivity contribution in [1.29, 1.82) is 0 Å². The molecule has 3 aromatic carbocycles. The molecule has 1 atom stereocenters. The van der Waals surface area contributed by atoms with Crippen LogP contribution in [0.5, 0.6) is 0 Å². The third-order valence-electron chi connectivity index (χ3n) is 5.76. The van der Waals surface area contributed by atoms with Crippen LogP contribution in [-0.2, 0) is 21.7 Å². The average molecular weight is 412 g/mol. The van der Waals surface area contributed by atoms with Crippen molar-refractivity contribution in [1.82, 2.24) is 0 Å². The van der Waals surface area contributed by atoms with Gasteiger partial charge in [0.1, 0.15) is 0 Å². The lowest BCUT2D eigenvalue weighted by atomic mass is 9.89. The van der Waals surface area contributed by atoms with Crippen molar-refractivity contribution in [2.24, 2.45) is 0 Å². The summed E-state index contributed by atoms with van der Waals surface area (Å²) >= 11 is 0. The minimum atomic E-state index is -1.87. The average Bonchev–Trinajstić information content (AvgIpc) is 2.97. The minimum absolute atomic E-state index is 0.296. The molecule has 0 bridgehead atoms. The maximum Gasteiger partial charge on any atom is 0.264 e. The van der Waals surface area contributed by atoms with Gasteiger partial charge in [0.25, 0.3) is 5.91 Å². The standard InChI is InChI=1S/C27H25NO3/c1-19-12-14-22(20(2)16-19)18-28-25-11-7-6-10-24(25)27(31,26(28)30)17-23(29)15-13-21-8-4-3-5-9-21/h3-16,31H,17-18H2,1-2H3/b15-13+/t27-/m0/s1. The van der Waals surface area contributed by atoms with Crippen molar-refractivity contribution < 1.29 is 14.7 Å². The number of aryl methyl sites for hydroxylation is 2. The quantitative estimate of drug-likeness (QED) is 0.598. The van der Waals surface area contributed by atoms with Gasteiger partial charge in [-0.1, -0.05) is 78.4 Å². The van der Waals surface area contributed by atoms with E-state index in [1.54, 1.807) is 23.1 Å². The van der Waals surface area contributed by atoms with Gasteiger partial charge in [-0.25, -0.2) is 0 Å². The fourth-order valence-electron chi connectivity index (χ4n) is 4.09. The summed E-state index contributed by atoms with van der Waals surface area (Å²) in [6, 6.07) is 22.7. The van der Waals surface area contributed by atoms with E-state index in [-0.39, 0.29) is 12.2 Å². The predicted octanol–water partition coefficient (Wildman–Crippen LogP) is 4.71. The summed E-state index contributed by atoms with van der Waals surface area (Å²) < 4.78 is 0. The van der Waals surface area contributed by atoms with E-state index >= 15 is 0 Å². The highest BCUT2D eigenvalue weighted by molar-refractivity contribution is 6.10. The van der Waals surface area contributed by atoms with Gasteiger partial charge in [-0.15, -0.1) is 0 Å². The lowest BCUT2D eigenvalue weighted by Crippen LogP contribution is -2.41. The van der Waals surface area contributed by atoms with Crippen LogP contribution in [-0.4, -0.2) is 16.8 Å². The first-order valence-electron chi connectivity index (χ1n) is 10.3. The van der Waals surface area contributed by atoms with E-state index in [1.807, 2.05) is 68.4 Å². The van der Waals surface area contributed by atoms with E-state index in [0.29, 0.717) is 17.8 Å². The Morgan fingerprint density at radius 1 is 1.00 bits per heavy atom. The molecule has 1 heterocycles. The first-order chi connectivity index (χ1) is 14.9. The molecule has 0 spiro atoms. The Morgan fingerprint density at radius 3 is 2.45 bits per heavy atom. The van der Waals surface area contributed by atoms with Gasteiger partial charge in [0.2, 0.25) is 0 Å². The highest BCUT2D eigenvalue weighted by atomic mass is 16.3. The maximum absolute atomic E-state index is 13.4. The van der Waals surface area contributed by atoms with Gasteiger partial charge in [0.05, 0.1) is 18.7 Å². The Balaban J connectivity index is 1.61. The number of hydrogen-bond donors (Lipinski definition) is 1. The van der Waals surface area contributed by atoms with Crippen molar-refractivity contribution in [3.8, 4) is 0 Å². The Hall–Kier alpha value is -3.50. The zero-order chi connectivity index (χ0) is 22.0. The zero-order valence-corrected chi connectivity index (χ0v) is 17.7. The molecule has 0 aliphatic carbocycles. The van der Waals surface area contributed by atoms with Gasteiger partial charge in [-0.2, -0.15) is 0 Å². The second kappa shape index (κ2) is 8.32. The molecule has 156 valence electrons. The largest absolute Gasteiger partial charge is 0.375 e. The molecule has 4 rings (SSSR count). The summed E-state index contributed by atoms with van der Waals surface area (Å²) in [6.07, 6.45) is 2.83. The third kappa shape index (κ3) is 4.07. The SMILES string of the molecule is Cc1ccc(CN2C(=O)[C@](O)(CC(=O)/C=C/c3ccccc3)c3ccccc32)c(C)c1. The molecule has 1 N–H and O–H groups in total. The normalized spacial score (nSPS) is 17.9. The van der Waals surface area contributed by atoms with Gasteiger partial charge >= 0.3 is 0 Å². The fourth-order valence-corrected chi connectivity index (χ4v) is 4.09. The minimum Gasteiger partial charge on any atom is -0.375 e. The van der Waals surface area contributed by atoms with Crippen LogP contribution in [0.1, 0.15) is 34.2 Å². The summed E-state index contributed by atoms with van der Waals surface area (Å²) in [6.45, 7) is 4.39. The maximum atomic E-state index is 13.4.